The van der Waals surface area contributed by atoms with E-state index in [1.165, 1.54) is 23.6 Å². The van der Waals surface area contributed by atoms with Crippen molar-refractivity contribution in [1.29, 1.82) is 0 Å². The molecule has 0 aromatic heterocycles. The topological polar surface area (TPSA) is 12.5 Å². The number of anilines is 1. The Hall–Kier alpha value is -0.480. The van der Waals surface area contributed by atoms with Gasteiger partial charge in [-0.25, -0.2) is 0 Å². The van der Waals surface area contributed by atoms with E-state index in [0.29, 0.717) is 0 Å². The molecule has 0 spiro atoms. The van der Waals surface area contributed by atoms with Gasteiger partial charge >= 0.3 is 0 Å². The number of para-hydroxylation sites is 2. The fourth-order valence-corrected chi connectivity index (χ4v) is 3.83. The molecule has 1 aromatic rings. The van der Waals surface area contributed by atoms with E-state index in [-0.39, 0.29) is 0 Å². The minimum Gasteiger partial charge on any atom is -0.495 e. The van der Waals surface area contributed by atoms with Gasteiger partial charge in [0.25, 0.3) is 0 Å². The van der Waals surface area contributed by atoms with E-state index in [1.807, 2.05) is 35.7 Å². The zero-order chi connectivity index (χ0) is 11.2. The summed E-state index contributed by atoms with van der Waals surface area (Å²) in [5, 5.41) is 0. The monoisotopic (exact) mass is 255 g/mol. The molecule has 0 amide bonds. The van der Waals surface area contributed by atoms with Crippen LogP contribution in [0.1, 0.15) is 6.42 Å². The number of hydrogen-bond acceptors (Lipinski definition) is 4. The standard InChI is InChI=1S/C12H17NOS2/c1-14-12-6-3-2-5-11(12)13-9-15-7-4-8-16-10-13/h2-3,5-6H,4,7-10H2,1H3. The maximum Gasteiger partial charge on any atom is 0.142 e. The van der Waals surface area contributed by atoms with Crippen molar-refractivity contribution in [2.75, 3.05) is 35.3 Å². The molecule has 0 bridgehead atoms. The quantitative estimate of drug-likeness (QED) is 0.803. The summed E-state index contributed by atoms with van der Waals surface area (Å²) in [4.78, 5) is 2.40. The summed E-state index contributed by atoms with van der Waals surface area (Å²) in [6.07, 6.45) is 1.33. The Morgan fingerprint density at radius 2 is 1.81 bits per heavy atom. The lowest BCUT2D eigenvalue weighted by Gasteiger charge is -2.27. The average molecular weight is 255 g/mol. The number of rotatable bonds is 2. The van der Waals surface area contributed by atoms with E-state index in [4.69, 9.17) is 4.74 Å². The molecule has 88 valence electrons. The first kappa shape index (κ1) is 12.0. The van der Waals surface area contributed by atoms with E-state index < -0.39 is 0 Å². The highest BCUT2D eigenvalue weighted by molar-refractivity contribution is 8.00. The normalized spacial score (nSPS) is 17.7. The van der Waals surface area contributed by atoms with Crippen LogP contribution in [-0.4, -0.2) is 30.4 Å². The summed E-state index contributed by atoms with van der Waals surface area (Å²) in [6, 6.07) is 8.27. The summed E-state index contributed by atoms with van der Waals surface area (Å²) in [5.41, 5.74) is 1.21. The molecule has 1 aromatic carbocycles. The van der Waals surface area contributed by atoms with Crippen molar-refractivity contribution in [2.24, 2.45) is 0 Å². The molecule has 2 nitrogen and oxygen atoms in total. The van der Waals surface area contributed by atoms with Gasteiger partial charge in [-0.15, -0.1) is 23.5 Å². The molecule has 0 aliphatic carbocycles. The minimum absolute atomic E-state index is 0.976. The van der Waals surface area contributed by atoms with Crippen LogP contribution in [0.25, 0.3) is 0 Å². The number of methoxy groups -OCH3 is 1. The van der Waals surface area contributed by atoms with Crippen LogP contribution in [0.3, 0.4) is 0 Å². The highest BCUT2D eigenvalue weighted by Gasteiger charge is 2.12. The first-order chi connectivity index (χ1) is 7.92. The zero-order valence-electron chi connectivity index (χ0n) is 9.52. The predicted octanol–water partition coefficient (Wildman–Crippen LogP) is 3.29. The van der Waals surface area contributed by atoms with Crippen molar-refractivity contribution in [3.63, 3.8) is 0 Å². The third-order valence-corrected chi connectivity index (χ3v) is 4.64. The van der Waals surface area contributed by atoms with Crippen molar-refractivity contribution in [2.45, 2.75) is 6.42 Å². The van der Waals surface area contributed by atoms with Crippen LogP contribution in [0.4, 0.5) is 5.69 Å². The fourth-order valence-electron chi connectivity index (χ4n) is 1.68. The molecule has 1 fully saturated rings. The Labute approximate surface area is 106 Å². The minimum atomic E-state index is 0.976. The second-order valence-corrected chi connectivity index (χ2v) is 5.79. The largest absolute Gasteiger partial charge is 0.495 e. The van der Waals surface area contributed by atoms with Crippen LogP contribution < -0.4 is 9.64 Å². The van der Waals surface area contributed by atoms with Crippen LogP contribution in [0.5, 0.6) is 5.75 Å². The molecule has 0 N–H and O–H groups in total. The van der Waals surface area contributed by atoms with Gasteiger partial charge in [0.1, 0.15) is 5.75 Å². The molecule has 16 heavy (non-hydrogen) atoms. The van der Waals surface area contributed by atoms with E-state index in [9.17, 15) is 0 Å². The Bertz CT molecular complexity index is 325. The molecule has 0 saturated carbocycles. The lowest BCUT2D eigenvalue weighted by molar-refractivity contribution is 0.415. The van der Waals surface area contributed by atoms with E-state index in [0.717, 1.165) is 17.5 Å². The van der Waals surface area contributed by atoms with Gasteiger partial charge < -0.3 is 9.64 Å². The maximum atomic E-state index is 5.41. The third kappa shape index (κ3) is 3.01. The summed E-state index contributed by atoms with van der Waals surface area (Å²) < 4.78 is 5.41. The number of benzene rings is 1. The van der Waals surface area contributed by atoms with Gasteiger partial charge in [0.05, 0.1) is 24.6 Å². The van der Waals surface area contributed by atoms with E-state index >= 15 is 0 Å². The van der Waals surface area contributed by atoms with Crippen LogP contribution in [-0.2, 0) is 0 Å². The predicted molar refractivity (Wildman–Crippen MR) is 74.7 cm³/mol. The molecule has 1 aliphatic rings. The van der Waals surface area contributed by atoms with Gasteiger partial charge in [-0.05, 0) is 30.1 Å². The van der Waals surface area contributed by atoms with E-state index in [2.05, 4.69) is 17.0 Å². The van der Waals surface area contributed by atoms with Gasteiger partial charge in [-0.3, -0.25) is 0 Å². The molecule has 0 radical (unpaired) electrons. The summed E-state index contributed by atoms with van der Waals surface area (Å²) in [5.74, 6) is 5.63. The van der Waals surface area contributed by atoms with Crippen molar-refractivity contribution in [1.82, 2.24) is 0 Å². The Balaban J connectivity index is 2.13. The van der Waals surface area contributed by atoms with Gasteiger partial charge in [0, 0.05) is 0 Å². The summed E-state index contributed by atoms with van der Waals surface area (Å²) >= 11 is 4.02. The number of thioether (sulfide) groups is 2. The third-order valence-electron chi connectivity index (χ3n) is 2.50. The molecule has 0 unspecified atom stereocenters. The lowest BCUT2D eigenvalue weighted by Crippen LogP contribution is -2.24. The van der Waals surface area contributed by atoms with Gasteiger partial charge in [0.15, 0.2) is 0 Å². The first-order valence-corrected chi connectivity index (χ1v) is 7.76. The molecule has 1 saturated heterocycles. The zero-order valence-corrected chi connectivity index (χ0v) is 11.1. The Kier molecular flexibility index (Phi) is 4.72. The highest BCUT2D eigenvalue weighted by atomic mass is 32.2. The molecular formula is C12H17NOS2. The van der Waals surface area contributed by atoms with Gasteiger partial charge in [-0.1, -0.05) is 12.1 Å². The Morgan fingerprint density at radius 3 is 2.50 bits per heavy atom. The second-order valence-electron chi connectivity index (χ2n) is 3.64. The number of hydrogen-bond donors (Lipinski definition) is 0. The van der Waals surface area contributed by atoms with Gasteiger partial charge in [0.2, 0.25) is 0 Å². The summed E-state index contributed by atoms with van der Waals surface area (Å²) in [6.45, 7) is 0. The molecule has 0 atom stereocenters. The smallest absolute Gasteiger partial charge is 0.142 e. The molecule has 4 heteroatoms. The second kappa shape index (κ2) is 6.30. The molecular weight excluding hydrogens is 238 g/mol. The molecule has 2 rings (SSSR count). The van der Waals surface area contributed by atoms with Crippen molar-refractivity contribution in [3.05, 3.63) is 24.3 Å². The molecule has 1 aliphatic heterocycles. The van der Waals surface area contributed by atoms with Crippen LogP contribution in [0.2, 0.25) is 0 Å². The van der Waals surface area contributed by atoms with Crippen LogP contribution in [0, 0.1) is 0 Å². The van der Waals surface area contributed by atoms with Crippen LogP contribution in [0.15, 0.2) is 24.3 Å². The molecule has 1 heterocycles. The number of nitrogens with zero attached hydrogens (tertiary/aromatic N) is 1. The van der Waals surface area contributed by atoms with Crippen molar-refractivity contribution >= 4 is 29.2 Å². The van der Waals surface area contributed by atoms with Crippen LogP contribution >= 0.6 is 23.5 Å². The van der Waals surface area contributed by atoms with E-state index in [1.54, 1.807) is 7.11 Å². The number of ether oxygens (including phenoxy) is 1. The summed E-state index contributed by atoms with van der Waals surface area (Å²) in [7, 11) is 1.74. The van der Waals surface area contributed by atoms with Gasteiger partial charge in [-0.2, -0.15) is 0 Å². The lowest BCUT2D eigenvalue weighted by atomic mass is 10.3. The first-order valence-electron chi connectivity index (χ1n) is 5.45. The average Bonchev–Trinajstić information content (AvgIpc) is 2.29. The Morgan fingerprint density at radius 1 is 1.12 bits per heavy atom. The SMILES string of the molecule is COc1ccccc1N1CSCCCSC1. The van der Waals surface area contributed by atoms with Crippen molar-refractivity contribution < 1.29 is 4.74 Å². The fraction of sp³-hybridized carbons (Fsp3) is 0.500. The maximum absolute atomic E-state index is 5.41. The van der Waals surface area contributed by atoms with Crippen molar-refractivity contribution in [3.8, 4) is 5.75 Å². The highest BCUT2D eigenvalue weighted by Crippen LogP contribution is 2.31.